The van der Waals surface area contributed by atoms with Crippen molar-refractivity contribution in [2.24, 2.45) is 0 Å². The minimum atomic E-state index is -0.140. The molecule has 0 aliphatic carbocycles. The van der Waals surface area contributed by atoms with Gasteiger partial charge in [-0.2, -0.15) is 0 Å². The number of hydrogen-bond donors (Lipinski definition) is 1. The molecular formula is C11H14O4. The molecule has 0 radical (unpaired) electrons. The highest BCUT2D eigenvalue weighted by Gasteiger charge is 2.24. The van der Waals surface area contributed by atoms with Crippen molar-refractivity contribution in [3.8, 4) is 11.5 Å². The van der Waals surface area contributed by atoms with Crippen LogP contribution in [0.4, 0.5) is 0 Å². The molecule has 0 spiro atoms. The van der Waals surface area contributed by atoms with Gasteiger partial charge in [-0.15, -0.1) is 0 Å². The van der Waals surface area contributed by atoms with Crippen LogP contribution in [0.25, 0.3) is 0 Å². The average Bonchev–Trinajstić information content (AvgIpc) is 2.74. The predicted molar refractivity (Wildman–Crippen MR) is 53.7 cm³/mol. The van der Waals surface area contributed by atoms with Crippen molar-refractivity contribution >= 4 is 0 Å². The van der Waals surface area contributed by atoms with Crippen LogP contribution in [0.2, 0.25) is 0 Å². The van der Waals surface area contributed by atoms with Crippen LogP contribution >= 0.6 is 0 Å². The van der Waals surface area contributed by atoms with E-state index in [2.05, 4.69) is 0 Å². The zero-order valence-corrected chi connectivity index (χ0v) is 8.60. The predicted octanol–water partition coefficient (Wildman–Crippen LogP) is 2.18. The van der Waals surface area contributed by atoms with Gasteiger partial charge in [-0.1, -0.05) is 12.1 Å². The van der Waals surface area contributed by atoms with Gasteiger partial charge in [0.15, 0.2) is 11.5 Å². The molecule has 1 saturated heterocycles. The first-order valence-corrected chi connectivity index (χ1v) is 5.06. The minimum Gasteiger partial charge on any atom is -0.504 e. The Kier molecular flexibility index (Phi) is 3.08. The zero-order chi connectivity index (χ0) is 10.7. The first kappa shape index (κ1) is 10.3. The van der Waals surface area contributed by atoms with E-state index in [4.69, 9.17) is 14.5 Å². The summed E-state index contributed by atoms with van der Waals surface area (Å²) < 4.78 is 5.39. The second kappa shape index (κ2) is 4.51. The molecule has 1 fully saturated rings. The molecule has 0 aromatic heterocycles. The highest BCUT2D eigenvalue weighted by molar-refractivity contribution is 5.46. The second-order valence-corrected chi connectivity index (χ2v) is 3.32. The topological polar surface area (TPSA) is 47.9 Å². The number of ether oxygens (including phenoxy) is 1. The fraction of sp³-hybridized carbons (Fsp3) is 0.455. The lowest BCUT2D eigenvalue weighted by Gasteiger charge is -2.14. The van der Waals surface area contributed by atoms with E-state index >= 15 is 0 Å². The number of para-hydroxylation sites is 1. The molecule has 1 aliphatic heterocycles. The number of hydrogen-bond acceptors (Lipinski definition) is 4. The Morgan fingerprint density at radius 1 is 1.53 bits per heavy atom. The molecule has 1 aliphatic rings. The summed E-state index contributed by atoms with van der Waals surface area (Å²) in [5, 5.41) is 9.66. The largest absolute Gasteiger partial charge is 0.504 e. The third-order valence-electron chi connectivity index (χ3n) is 2.31. The Morgan fingerprint density at radius 2 is 2.40 bits per heavy atom. The van der Waals surface area contributed by atoms with Gasteiger partial charge in [-0.05, 0) is 13.0 Å². The first-order valence-electron chi connectivity index (χ1n) is 5.06. The summed E-state index contributed by atoms with van der Waals surface area (Å²) in [5.74, 6) is 0.639. The SMILES string of the molecule is CCOc1c(O)cccc1C1CCOO1. The van der Waals surface area contributed by atoms with Gasteiger partial charge in [0.25, 0.3) is 0 Å². The van der Waals surface area contributed by atoms with Crippen molar-refractivity contribution < 1.29 is 19.6 Å². The van der Waals surface area contributed by atoms with E-state index in [1.165, 1.54) is 0 Å². The maximum Gasteiger partial charge on any atom is 0.166 e. The fourth-order valence-electron chi connectivity index (χ4n) is 1.64. The summed E-state index contributed by atoms with van der Waals surface area (Å²) in [7, 11) is 0. The van der Waals surface area contributed by atoms with Gasteiger partial charge in [0.2, 0.25) is 0 Å². The molecule has 4 nitrogen and oxygen atoms in total. The molecule has 15 heavy (non-hydrogen) atoms. The van der Waals surface area contributed by atoms with Crippen LogP contribution in [0.5, 0.6) is 11.5 Å². The molecule has 2 rings (SSSR count). The molecule has 1 aromatic carbocycles. The molecule has 1 aromatic rings. The average molecular weight is 210 g/mol. The number of phenolic OH excluding ortho intramolecular Hbond substituents is 1. The summed E-state index contributed by atoms with van der Waals surface area (Å²) in [6.45, 7) is 2.96. The molecule has 1 heterocycles. The minimum absolute atomic E-state index is 0.140. The van der Waals surface area contributed by atoms with Crippen LogP contribution in [0, 0.1) is 0 Å². The lowest BCUT2D eigenvalue weighted by molar-refractivity contribution is -0.276. The van der Waals surface area contributed by atoms with Crippen molar-refractivity contribution in [1.82, 2.24) is 0 Å². The van der Waals surface area contributed by atoms with Crippen LogP contribution in [0.3, 0.4) is 0 Å². The summed E-state index contributed by atoms with van der Waals surface area (Å²) in [6, 6.07) is 5.25. The van der Waals surface area contributed by atoms with E-state index in [1.807, 2.05) is 13.0 Å². The van der Waals surface area contributed by atoms with Crippen LogP contribution in [0.1, 0.15) is 25.0 Å². The Hall–Kier alpha value is -1.26. The maximum absolute atomic E-state index is 9.66. The molecule has 1 unspecified atom stereocenters. The van der Waals surface area contributed by atoms with E-state index < -0.39 is 0 Å². The zero-order valence-electron chi connectivity index (χ0n) is 8.60. The van der Waals surface area contributed by atoms with Gasteiger partial charge in [0, 0.05) is 12.0 Å². The van der Waals surface area contributed by atoms with Gasteiger partial charge in [-0.25, -0.2) is 9.78 Å². The Labute approximate surface area is 88.3 Å². The lowest BCUT2D eigenvalue weighted by atomic mass is 10.1. The van der Waals surface area contributed by atoms with E-state index in [-0.39, 0.29) is 11.9 Å². The van der Waals surface area contributed by atoms with E-state index in [1.54, 1.807) is 12.1 Å². The smallest absolute Gasteiger partial charge is 0.166 e. The monoisotopic (exact) mass is 210 g/mol. The Morgan fingerprint density at radius 3 is 3.07 bits per heavy atom. The first-order chi connectivity index (χ1) is 7.33. The molecule has 4 heteroatoms. The molecule has 0 bridgehead atoms. The van der Waals surface area contributed by atoms with E-state index in [0.29, 0.717) is 19.0 Å². The molecule has 1 N–H and O–H groups in total. The fourth-order valence-corrected chi connectivity index (χ4v) is 1.64. The molecule has 0 saturated carbocycles. The standard InChI is InChI=1S/C11H14O4/c1-2-13-11-8(4-3-5-9(11)12)10-6-7-14-15-10/h3-5,10,12H,2,6-7H2,1H3. The van der Waals surface area contributed by atoms with Crippen molar-refractivity contribution in [3.05, 3.63) is 23.8 Å². The second-order valence-electron chi connectivity index (χ2n) is 3.32. The van der Waals surface area contributed by atoms with Crippen LogP contribution in [-0.4, -0.2) is 18.3 Å². The number of rotatable bonds is 3. The number of aromatic hydroxyl groups is 1. The quantitative estimate of drug-likeness (QED) is 0.777. The van der Waals surface area contributed by atoms with Crippen molar-refractivity contribution in [2.45, 2.75) is 19.4 Å². The van der Waals surface area contributed by atoms with E-state index in [0.717, 1.165) is 12.0 Å². The molecule has 0 amide bonds. The third-order valence-corrected chi connectivity index (χ3v) is 2.31. The number of benzene rings is 1. The lowest BCUT2D eigenvalue weighted by Crippen LogP contribution is -2.01. The van der Waals surface area contributed by atoms with Gasteiger partial charge in [0.05, 0.1) is 13.2 Å². The summed E-state index contributed by atoms with van der Waals surface area (Å²) >= 11 is 0. The summed E-state index contributed by atoms with van der Waals surface area (Å²) in [5.41, 5.74) is 0.842. The summed E-state index contributed by atoms with van der Waals surface area (Å²) in [4.78, 5) is 9.94. The highest BCUT2D eigenvalue weighted by Crippen LogP contribution is 2.38. The summed E-state index contributed by atoms with van der Waals surface area (Å²) in [6.07, 6.45) is 0.641. The normalized spacial score (nSPS) is 20.5. The number of phenols is 1. The Balaban J connectivity index is 2.31. The molecular weight excluding hydrogens is 196 g/mol. The van der Waals surface area contributed by atoms with Gasteiger partial charge >= 0.3 is 0 Å². The highest BCUT2D eigenvalue weighted by atomic mass is 17.2. The van der Waals surface area contributed by atoms with Crippen molar-refractivity contribution in [1.29, 1.82) is 0 Å². The third kappa shape index (κ3) is 2.06. The van der Waals surface area contributed by atoms with Gasteiger partial charge in [0.1, 0.15) is 6.10 Å². The molecule has 1 atom stereocenters. The molecule has 82 valence electrons. The van der Waals surface area contributed by atoms with Crippen LogP contribution < -0.4 is 4.74 Å². The maximum atomic E-state index is 9.66. The van der Waals surface area contributed by atoms with Gasteiger partial charge in [-0.3, -0.25) is 0 Å². The van der Waals surface area contributed by atoms with Crippen molar-refractivity contribution in [2.75, 3.05) is 13.2 Å². The Bertz CT molecular complexity index is 331. The van der Waals surface area contributed by atoms with Crippen LogP contribution in [-0.2, 0) is 9.78 Å². The van der Waals surface area contributed by atoms with Gasteiger partial charge < -0.3 is 9.84 Å². The van der Waals surface area contributed by atoms with E-state index in [9.17, 15) is 5.11 Å². The van der Waals surface area contributed by atoms with Crippen molar-refractivity contribution in [3.63, 3.8) is 0 Å². The van der Waals surface area contributed by atoms with Crippen LogP contribution in [0.15, 0.2) is 18.2 Å².